The van der Waals surface area contributed by atoms with E-state index in [9.17, 15) is 14.4 Å². The number of methoxy groups -OCH3 is 1. The van der Waals surface area contributed by atoms with Crippen LogP contribution in [0.25, 0.3) is 16.6 Å². The predicted molar refractivity (Wildman–Crippen MR) is 116 cm³/mol. The molecule has 7 heteroatoms. The van der Waals surface area contributed by atoms with Crippen molar-refractivity contribution in [3.63, 3.8) is 0 Å². The van der Waals surface area contributed by atoms with Crippen LogP contribution in [-0.2, 0) is 0 Å². The minimum atomic E-state index is -0.573. The van der Waals surface area contributed by atoms with Crippen LogP contribution >= 0.6 is 0 Å². The number of para-hydroxylation sites is 1. The number of anilines is 1. The molecule has 0 aliphatic heterocycles. The highest BCUT2D eigenvalue weighted by atomic mass is 16.5. The quantitative estimate of drug-likeness (QED) is 0.549. The summed E-state index contributed by atoms with van der Waals surface area (Å²) in [5.74, 6) is 0.155. The molecule has 0 spiro atoms. The van der Waals surface area contributed by atoms with Crippen LogP contribution in [0.4, 0.5) is 5.69 Å². The van der Waals surface area contributed by atoms with Crippen LogP contribution in [0.2, 0.25) is 0 Å². The Kier molecular flexibility index (Phi) is 4.93. The van der Waals surface area contributed by atoms with Gasteiger partial charge < -0.3 is 15.0 Å². The molecule has 1 heterocycles. The summed E-state index contributed by atoms with van der Waals surface area (Å²) in [6.07, 6.45) is 0. The van der Waals surface area contributed by atoms with Crippen LogP contribution in [-0.4, -0.2) is 22.6 Å². The maximum atomic E-state index is 12.9. The molecular weight excluding hydrogens is 382 g/mol. The van der Waals surface area contributed by atoms with Crippen LogP contribution in [0.5, 0.6) is 5.75 Å². The number of ether oxygens (including phenoxy) is 1. The fraction of sp³-hybridized carbons (Fsp3) is 0.0870. The number of rotatable bonds is 4. The molecule has 150 valence electrons. The number of nitrogens with zero attached hydrogens (tertiary/aromatic N) is 1. The lowest BCUT2D eigenvalue weighted by atomic mass is 10.1. The van der Waals surface area contributed by atoms with E-state index in [0.29, 0.717) is 33.6 Å². The van der Waals surface area contributed by atoms with Gasteiger partial charge in [0.05, 0.1) is 29.4 Å². The number of aromatic amines is 1. The van der Waals surface area contributed by atoms with Gasteiger partial charge in [0.25, 0.3) is 11.5 Å². The van der Waals surface area contributed by atoms with Gasteiger partial charge in [0.2, 0.25) is 0 Å². The van der Waals surface area contributed by atoms with E-state index in [1.807, 2.05) is 13.0 Å². The second-order valence-corrected chi connectivity index (χ2v) is 6.82. The number of hydrogen-bond donors (Lipinski definition) is 2. The van der Waals surface area contributed by atoms with Gasteiger partial charge in [-0.25, -0.2) is 9.36 Å². The van der Waals surface area contributed by atoms with E-state index in [-0.39, 0.29) is 5.91 Å². The number of nitrogens with one attached hydrogen (secondary N) is 2. The Morgan fingerprint density at radius 3 is 2.50 bits per heavy atom. The molecule has 0 saturated heterocycles. The van der Waals surface area contributed by atoms with Gasteiger partial charge in [-0.2, -0.15) is 0 Å². The number of fused-ring (bicyclic) bond motifs is 1. The Morgan fingerprint density at radius 2 is 1.77 bits per heavy atom. The maximum absolute atomic E-state index is 12.9. The number of carbonyl (C=O) groups is 1. The summed E-state index contributed by atoms with van der Waals surface area (Å²) in [6, 6.07) is 18.7. The summed E-state index contributed by atoms with van der Waals surface area (Å²) in [5, 5.41) is 3.12. The van der Waals surface area contributed by atoms with Gasteiger partial charge in [-0.05, 0) is 55.0 Å². The molecule has 0 bridgehead atoms. The molecule has 0 atom stereocenters. The molecule has 0 fully saturated rings. The number of benzene rings is 3. The van der Waals surface area contributed by atoms with Gasteiger partial charge in [0.15, 0.2) is 0 Å². The van der Waals surface area contributed by atoms with E-state index in [4.69, 9.17) is 4.74 Å². The van der Waals surface area contributed by atoms with Crippen molar-refractivity contribution in [2.24, 2.45) is 0 Å². The van der Waals surface area contributed by atoms with Gasteiger partial charge in [-0.15, -0.1) is 0 Å². The first-order valence-electron chi connectivity index (χ1n) is 9.28. The van der Waals surface area contributed by atoms with Gasteiger partial charge in [0, 0.05) is 5.56 Å². The van der Waals surface area contributed by atoms with Crippen LogP contribution in [0.3, 0.4) is 0 Å². The highest BCUT2D eigenvalue weighted by Gasteiger charge is 2.14. The molecule has 1 amide bonds. The Labute approximate surface area is 171 Å². The van der Waals surface area contributed by atoms with Crippen LogP contribution in [0.1, 0.15) is 15.9 Å². The number of H-pyrrole nitrogens is 1. The van der Waals surface area contributed by atoms with E-state index in [0.717, 1.165) is 10.1 Å². The summed E-state index contributed by atoms with van der Waals surface area (Å²) in [5.41, 5.74) is 1.55. The Hall–Kier alpha value is -4.13. The number of aryl methyl sites for hydroxylation is 1. The molecule has 1 aromatic heterocycles. The normalized spacial score (nSPS) is 10.7. The van der Waals surface area contributed by atoms with E-state index in [1.54, 1.807) is 48.5 Å². The van der Waals surface area contributed by atoms with Crippen molar-refractivity contribution >= 4 is 22.5 Å². The van der Waals surface area contributed by atoms with Crippen molar-refractivity contribution < 1.29 is 9.53 Å². The fourth-order valence-electron chi connectivity index (χ4n) is 3.28. The van der Waals surface area contributed by atoms with Crippen molar-refractivity contribution in [1.29, 1.82) is 0 Å². The molecule has 0 radical (unpaired) electrons. The first kappa shape index (κ1) is 19.2. The fourth-order valence-corrected chi connectivity index (χ4v) is 3.28. The van der Waals surface area contributed by atoms with E-state index < -0.39 is 11.2 Å². The SMILES string of the molecule is COc1ccc(C)cc1NC(=O)c1ccc2c(=O)n(-c3ccccc3)c(=O)[nH]c2c1. The van der Waals surface area contributed by atoms with Crippen LogP contribution in [0.15, 0.2) is 76.3 Å². The second-order valence-electron chi connectivity index (χ2n) is 6.82. The van der Waals surface area contributed by atoms with Gasteiger partial charge >= 0.3 is 5.69 Å². The molecule has 7 nitrogen and oxygen atoms in total. The summed E-state index contributed by atoms with van der Waals surface area (Å²) >= 11 is 0. The zero-order chi connectivity index (χ0) is 21.3. The van der Waals surface area contributed by atoms with E-state index in [1.165, 1.54) is 19.2 Å². The van der Waals surface area contributed by atoms with Crippen molar-refractivity contribution in [2.45, 2.75) is 6.92 Å². The third-order valence-electron chi connectivity index (χ3n) is 4.78. The molecule has 2 N–H and O–H groups in total. The summed E-state index contributed by atoms with van der Waals surface area (Å²) in [4.78, 5) is 40.9. The summed E-state index contributed by atoms with van der Waals surface area (Å²) in [6.45, 7) is 1.91. The lowest BCUT2D eigenvalue weighted by molar-refractivity contribution is 0.102. The van der Waals surface area contributed by atoms with Crippen LogP contribution in [0, 0.1) is 6.92 Å². The topological polar surface area (TPSA) is 93.2 Å². The monoisotopic (exact) mass is 401 g/mol. The maximum Gasteiger partial charge on any atom is 0.333 e. The smallest absolute Gasteiger partial charge is 0.333 e. The lowest BCUT2D eigenvalue weighted by Crippen LogP contribution is -2.33. The minimum absolute atomic E-state index is 0.293. The second kappa shape index (κ2) is 7.71. The first-order chi connectivity index (χ1) is 14.5. The summed E-state index contributed by atoms with van der Waals surface area (Å²) < 4.78 is 6.36. The third-order valence-corrected chi connectivity index (χ3v) is 4.78. The first-order valence-corrected chi connectivity index (χ1v) is 9.28. The van der Waals surface area contributed by atoms with Gasteiger partial charge in [-0.3, -0.25) is 9.59 Å². The molecule has 0 saturated carbocycles. The van der Waals surface area contributed by atoms with Crippen molar-refractivity contribution in [3.8, 4) is 11.4 Å². The summed E-state index contributed by atoms with van der Waals surface area (Å²) in [7, 11) is 1.53. The average molecular weight is 401 g/mol. The molecule has 0 aliphatic rings. The zero-order valence-electron chi connectivity index (χ0n) is 16.4. The number of aromatic nitrogens is 2. The predicted octanol–water partition coefficient (Wildman–Crippen LogP) is 3.25. The molecule has 30 heavy (non-hydrogen) atoms. The standard InChI is InChI=1S/C23H19N3O4/c1-14-8-11-20(30-2)19(12-14)24-21(27)15-9-10-17-18(13-15)25-23(29)26(22(17)28)16-6-4-3-5-7-16/h3-13H,1-2H3,(H,24,27)(H,25,29). The van der Waals surface area contributed by atoms with E-state index >= 15 is 0 Å². The Balaban J connectivity index is 1.74. The number of carbonyl (C=O) groups excluding carboxylic acids is 1. The van der Waals surface area contributed by atoms with Crippen molar-refractivity contribution in [3.05, 3.63) is 98.7 Å². The largest absolute Gasteiger partial charge is 0.495 e. The van der Waals surface area contributed by atoms with Gasteiger partial charge in [-0.1, -0.05) is 24.3 Å². The van der Waals surface area contributed by atoms with Gasteiger partial charge in [0.1, 0.15) is 5.75 Å². The third kappa shape index (κ3) is 3.48. The molecule has 4 aromatic rings. The molecule has 3 aromatic carbocycles. The molecule has 4 rings (SSSR count). The lowest BCUT2D eigenvalue weighted by Gasteiger charge is -2.12. The van der Waals surface area contributed by atoms with E-state index in [2.05, 4.69) is 10.3 Å². The molecule has 0 aliphatic carbocycles. The Morgan fingerprint density at radius 1 is 1.00 bits per heavy atom. The minimum Gasteiger partial charge on any atom is -0.495 e. The zero-order valence-corrected chi connectivity index (χ0v) is 16.4. The molecular formula is C23H19N3O4. The van der Waals surface area contributed by atoms with Crippen LogP contribution < -0.4 is 21.3 Å². The van der Waals surface area contributed by atoms with Crippen molar-refractivity contribution in [2.75, 3.05) is 12.4 Å². The average Bonchev–Trinajstić information content (AvgIpc) is 2.74. The number of amides is 1. The molecule has 0 unspecified atom stereocenters. The van der Waals surface area contributed by atoms with Crippen molar-refractivity contribution in [1.82, 2.24) is 9.55 Å². The highest BCUT2D eigenvalue weighted by Crippen LogP contribution is 2.26. The highest BCUT2D eigenvalue weighted by molar-refractivity contribution is 6.06. The Bertz CT molecular complexity index is 1370. The number of hydrogen-bond acceptors (Lipinski definition) is 4.